The third-order valence-corrected chi connectivity index (χ3v) is 2.42. The van der Waals surface area contributed by atoms with Gasteiger partial charge >= 0.3 is 6.18 Å². The number of aromatic nitrogens is 2. The van der Waals surface area contributed by atoms with Crippen molar-refractivity contribution < 1.29 is 22.4 Å². The third-order valence-electron chi connectivity index (χ3n) is 2.42. The van der Waals surface area contributed by atoms with Gasteiger partial charge in [-0.25, -0.2) is 0 Å². The maximum Gasteiger partial charge on any atom is 0.411 e. The minimum absolute atomic E-state index is 0.122. The maximum atomic E-state index is 11.8. The second-order valence-electron chi connectivity index (χ2n) is 5.31. The van der Waals surface area contributed by atoms with E-state index in [1.165, 1.54) is 0 Å². The molecule has 1 heterocycles. The van der Waals surface area contributed by atoms with Gasteiger partial charge in [0, 0.05) is 6.42 Å². The molecular formula is C11H18F3N3O2. The van der Waals surface area contributed by atoms with Gasteiger partial charge < -0.3 is 15.0 Å². The van der Waals surface area contributed by atoms with Crippen LogP contribution in [0.1, 0.15) is 38.5 Å². The Morgan fingerprint density at radius 1 is 1.32 bits per heavy atom. The summed E-state index contributed by atoms with van der Waals surface area (Å²) in [6, 6.07) is -0.426. The summed E-state index contributed by atoms with van der Waals surface area (Å²) in [7, 11) is 0. The Bertz CT molecular complexity index is 399. The Morgan fingerprint density at radius 3 is 2.47 bits per heavy atom. The van der Waals surface area contributed by atoms with Crippen molar-refractivity contribution in [2.24, 2.45) is 11.1 Å². The standard InChI is InChI=1S/C11H18F3N3O2/c1-10(2,3)8(15)9-16-7(17-19-9)4-5-18-6-11(12,13)14/h8H,4-6,15H2,1-3H3/t8-/m0/s1. The Balaban J connectivity index is 2.43. The summed E-state index contributed by atoms with van der Waals surface area (Å²) >= 11 is 0. The summed E-state index contributed by atoms with van der Waals surface area (Å²) in [6.07, 6.45) is -4.17. The van der Waals surface area contributed by atoms with E-state index in [-0.39, 0.29) is 30.2 Å². The highest BCUT2D eigenvalue weighted by Crippen LogP contribution is 2.29. The van der Waals surface area contributed by atoms with Gasteiger partial charge in [-0.2, -0.15) is 18.2 Å². The fourth-order valence-corrected chi connectivity index (χ4v) is 1.22. The summed E-state index contributed by atoms with van der Waals surface area (Å²) in [5.74, 6) is 0.565. The second-order valence-corrected chi connectivity index (χ2v) is 5.31. The molecule has 0 spiro atoms. The second kappa shape index (κ2) is 5.87. The van der Waals surface area contributed by atoms with Crippen LogP contribution < -0.4 is 5.73 Å². The van der Waals surface area contributed by atoms with E-state index < -0.39 is 18.8 Å². The van der Waals surface area contributed by atoms with Gasteiger partial charge in [0.15, 0.2) is 5.82 Å². The van der Waals surface area contributed by atoms with Crippen molar-refractivity contribution in [3.05, 3.63) is 11.7 Å². The van der Waals surface area contributed by atoms with Crippen LogP contribution >= 0.6 is 0 Å². The van der Waals surface area contributed by atoms with Crippen LogP contribution in [-0.4, -0.2) is 29.5 Å². The zero-order valence-corrected chi connectivity index (χ0v) is 11.1. The van der Waals surface area contributed by atoms with Crippen molar-refractivity contribution in [3.8, 4) is 0 Å². The van der Waals surface area contributed by atoms with E-state index in [0.717, 1.165) is 0 Å². The van der Waals surface area contributed by atoms with E-state index >= 15 is 0 Å². The van der Waals surface area contributed by atoms with Crippen LogP contribution in [0, 0.1) is 5.41 Å². The summed E-state index contributed by atoms with van der Waals surface area (Å²) < 4.78 is 44.9. The SMILES string of the molecule is CC(C)(C)[C@@H](N)c1nc(CCOCC(F)(F)F)no1. The van der Waals surface area contributed by atoms with Crippen molar-refractivity contribution in [1.29, 1.82) is 0 Å². The predicted molar refractivity (Wildman–Crippen MR) is 61.3 cm³/mol. The normalized spacial score (nSPS) is 14.7. The molecule has 0 unspecified atom stereocenters. The van der Waals surface area contributed by atoms with Crippen molar-refractivity contribution in [1.82, 2.24) is 10.1 Å². The minimum Gasteiger partial charge on any atom is -0.372 e. The van der Waals surface area contributed by atoms with Crippen LogP contribution in [-0.2, 0) is 11.2 Å². The monoisotopic (exact) mass is 281 g/mol. The van der Waals surface area contributed by atoms with E-state index in [1.54, 1.807) is 0 Å². The maximum absolute atomic E-state index is 11.8. The quantitative estimate of drug-likeness (QED) is 0.838. The lowest BCUT2D eigenvalue weighted by Gasteiger charge is -2.23. The fraction of sp³-hybridized carbons (Fsp3) is 0.818. The van der Waals surface area contributed by atoms with E-state index in [9.17, 15) is 13.2 Å². The van der Waals surface area contributed by atoms with E-state index in [1.807, 2.05) is 20.8 Å². The molecule has 0 bridgehead atoms. The zero-order valence-electron chi connectivity index (χ0n) is 11.1. The van der Waals surface area contributed by atoms with Gasteiger partial charge in [0.1, 0.15) is 6.61 Å². The lowest BCUT2D eigenvalue weighted by Crippen LogP contribution is -2.26. The van der Waals surface area contributed by atoms with Crippen LogP contribution in [0.15, 0.2) is 4.52 Å². The summed E-state index contributed by atoms with van der Waals surface area (Å²) in [5.41, 5.74) is 5.68. The molecule has 1 atom stereocenters. The summed E-state index contributed by atoms with van der Waals surface area (Å²) in [4.78, 5) is 4.05. The smallest absolute Gasteiger partial charge is 0.372 e. The number of nitrogens with zero attached hydrogens (tertiary/aromatic N) is 2. The molecule has 5 nitrogen and oxygen atoms in total. The molecule has 1 rings (SSSR count). The Kier molecular flexibility index (Phi) is 4.92. The van der Waals surface area contributed by atoms with Gasteiger partial charge in [-0.3, -0.25) is 0 Å². The van der Waals surface area contributed by atoms with Gasteiger partial charge in [0.2, 0.25) is 5.89 Å². The van der Waals surface area contributed by atoms with Gasteiger partial charge in [-0.15, -0.1) is 0 Å². The number of halogens is 3. The number of ether oxygens (including phenoxy) is 1. The van der Waals surface area contributed by atoms with Crippen LogP contribution in [0.4, 0.5) is 13.2 Å². The molecule has 0 amide bonds. The van der Waals surface area contributed by atoms with Crippen LogP contribution in [0.5, 0.6) is 0 Å². The molecule has 0 saturated heterocycles. The van der Waals surface area contributed by atoms with Gasteiger partial charge in [-0.1, -0.05) is 25.9 Å². The first-order valence-corrected chi connectivity index (χ1v) is 5.82. The first kappa shape index (κ1) is 15.9. The number of hydrogen-bond donors (Lipinski definition) is 1. The summed E-state index contributed by atoms with van der Waals surface area (Å²) in [5, 5.41) is 3.66. The molecule has 0 aliphatic heterocycles. The molecule has 0 aliphatic rings. The first-order valence-electron chi connectivity index (χ1n) is 5.82. The third kappa shape index (κ3) is 5.56. The Morgan fingerprint density at radius 2 is 1.95 bits per heavy atom. The van der Waals surface area contributed by atoms with Crippen molar-refractivity contribution in [3.63, 3.8) is 0 Å². The fourth-order valence-electron chi connectivity index (χ4n) is 1.22. The zero-order chi connectivity index (χ0) is 14.7. The lowest BCUT2D eigenvalue weighted by atomic mass is 9.87. The topological polar surface area (TPSA) is 74.2 Å². The van der Waals surface area contributed by atoms with E-state index in [0.29, 0.717) is 0 Å². The van der Waals surface area contributed by atoms with Gasteiger partial charge in [0.05, 0.1) is 12.6 Å². The highest BCUT2D eigenvalue weighted by molar-refractivity contribution is 4.96. The molecule has 1 aromatic rings. The molecule has 1 aromatic heterocycles. The first-order chi connectivity index (χ1) is 8.59. The van der Waals surface area contributed by atoms with Crippen LogP contribution in [0.2, 0.25) is 0 Å². The number of hydrogen-bond acceptors (Lipinski definition) is 5. The van der Waals surface area contributed by atoms with Crippen molar-refractivity contribution in [2.45, 2.75) is 39.4 Å². The average molecular weight is 281 g/mol. The molecule has 0 aromatic carbocycles. The van der Waals surface area contributed by atoms with Crippen LogP contribution in [0.3, 0.4) is 0 Å². The molecule has 2 N–H and O–H groups in total. The van der Waals surface area contributed by atoms with Gasteiger partial charge in [-0.05, 0) is 5.41 Å². The molecule has 0 fully saturated rings. The Hall–Kier alpha value is -1.15. The molecule has 8 heteroatoms. The molecule has 0 saturated carbocycles. The van der Waals surface area contributed by atoms with Crippen molar-refractivity contribution >= 4 is 0 Å². The predicted octanol–water partition coefficient (Wildman–Crippen LogP) is 2.24. The lowest BCUT2D eigenvalue weighted by molar-refractivity contribution is -0.173. The number of nitrogens with two attached hydrogens (primary N) is 1. The van der Waals surface area contributed by atoms with Crippen molar-refractivity contribution in [2.75, 3.05) is 13.2 Å². The summed E-state index contributed by atoms with van der Waals surface area (Å²) in [6.45, 7) is 4.37. The van der Waals surface area contributed by atoms with E-state index in [2.05, 4.69) is 14.9 Å². The molecule has 19 heavy (non-hydrogen) atoms. The number of rotatable bonds is 5. The number of alkyl halides is 3. The Labute approximate surface area is 109 Å². The van der Waals surface area contributed by atoms with E-state index in [4.69, 9.17) is 10.3 Å². The molecular weight excluding hydrogens is 263 g/mol. The van der Waals surface area contributed by atoms with Gasteiger partial charge in [0.25, 0.3) is 0 Å². The largest absolute Gasteiger partial charge is 0.411 e. The molecule has 0 aliphatic carbocycles. The van der Waals surface area contributed by atoms with Crippen LogP contribution in [0.25, 0.3) is 0 Å². The minimum atomic E-state index is -4.32. The molecule has 0 radical (unpaired) electrons. The highest BCUT2D eigenvalue weighted by atomic mass is 19.4. The highest BCUT2D eigenvalue weighted by Gasteiger charge is 2.28. The average Bonchev–Trinajstić information content (AvgIpc) is 2.69. The molecule has 110 valence electrons.